The number of fused-ring (bicyclic) bond motifs is 1. The van der Waals surface area contributed by atoms with Gasteiger partial charge in [0, 0.05) is 6.42 Å². The Morgan fingerprint density at radius 2 is 2.04 bits per heavy atom. The fraction of sp³-hybridized carbons (Fsp3) is 0.474. The van der Waals surface area contributed by atoms with Crippen LogP contribution in [0.4, 0.5) is 0 Å². The minimum atomic E-state index is -1.11. The van der Waals surface area contributed by atoms with Gasteiger partial charge in [-0.15, -0.1) is 0 Å². The van der Waals surface area contributed by atoms with Gasteiger partial charge in [0.15, 0.2) is 17.3 Å². The van der Waals surface area contributed by atoms with E-state index in [0.29, 0.717) is 23.4 Å². The fourth-order valence-corrected chi connectivity index (χ4v) is 3.29. The number of hydrogen-bond acceptors (Lipinski definition) is 5. The lowest BCUT2D eigenvalue weighted by molar-refractivity contribution is -0.126. The summed E-state index contributed by atoms with van der Waals surface area (Å²) in [6.45, 7) is -0.178. The summed E-state index contributed by atoms with van der Waals surface area (Å²) in [6, 6.07) is 9.02. The van der Waals surface area contributed by atoms with Gasteiger partial charge in [0.1, 0.15) is 5.52 Å². The molecule has 25 heavy (non-hydrogen) atoms. The number of rotatable bonds is 6. The molecule has 1 heterocycles. The van der Waals surface area contributed by atoms with Crippen molar-refractivity contribution in [1.29, 1.82) is 5.26 Å². The second-order valence-corrected chi connectivity index (χ2v) is 6.53. The Balaban J connectivity index is 1.57. The Morgan fingerprint density at radius 3 is 2.76 bits per heavy atom. The molecule has 1 atom stereocenters. The maximum Gasteiger partial charge on any atom is 0.220 e. The molecule has 0 radical (unpaired) electrons. The maximum atomic E-state index is 12.3. The number of nitriles is 1. The number of oxazole rings is 1. The average Bonchev–Trinajstić information content (AvgIpc) is 3.05. The highest BCUT2D eigenvalue weighted by atomic mass is 16.3. The number of aromatic nitrogens is 1. The van der Waals surface area contributed by atoms with Crippen molar-refractivity contribution in [3.63, 3.8) is 0 Å². The van der Waals surface area contributed by atoms with Gasteiger partial charge in [0.2, 0.25) is 11.8 Å². The van der Waals surface area contributed by atoms with Gasteiger partial charge in [-0.05, 0) is 30.9 Å². The first-order valence-corrected chi connectivity index (χ1v) is 8.72. The molecule has 130 valence electrons. The van der Waals surface area contributed by atoms with Crippen LogP contribution < -0.4 is 5.32 Å². The molecular formula is C19H21N3O3. The SMILES string of the molecule is N#CC(C(=O)CNC(=O)CC1CCCCC1)c1nc2ccccc2o1. The molecule has 0 saturated heterocycles. The zero-order valence-corrected chi connectivity index (χ0v) is 14.0. The molecule has 0 spiro atoms. The number of amides is 1. The highest BCUT2D eigenvalue weighted by Gasteiger charge is 2.26. The zero-order chi connectivity index (χ0) is 17.6. The number of carbonyl (C=O) groups excluding carboxylic acids is 2. The van der Waals surface area contributed by atoms with E-state index in [9.17, 15) is 14.9 Å². The summed E-state index contributed by atoms with van der Waals surface area (Å²) in [5.41, 5.74) is 1.14. The number of benzene rings is 1. The molecule has 0 bridgehead atoms. The Morgan fingerprint density at radius 1 is 1.28 bits per heavy atom. The summed E-state index contributed by atoms with van der Waals surface area (Å²) in [6.07, 6.45) is 6.19. The third-order valence-electron chi connectivity index (χ3n) is 4.67. The van der Waals surface area contributed by atoms with E-state index in [-0.39, 0.29) is 18.3 Å². The first-order chi connectivity index (χ1) is 12.2. The Hall–Kier alpha value is -2.68. The highest BCUT2D eigenvalue weighted by Crippen LogP contribution is 2.26. The van der Waals surface area contributed by atoms with Crippen LogP contribution in [-0.2, 0) is 9.59 Å². The maximum absolute atomic E-state index is 12.3. The molecule has 1 unspecified atom stereocenters. The zero-order valence-electron chi connectivity index (χ0n) is 14.0. The van der Waals surface area contributed by atoms with Crippen molar-refractivity contribution in [2.24, 2.45) is 5.92 Å². The summed E-state index contributed by atoms with van der Waals surface area (Å²) in [7, 11) is 0. The number of ketones is 1. The molecule has 6 heteroatoms. The number of carbonyl (C=O) groups is 2. The van der Waals surface area contributed by atoms with E-state index >= 15 is 0 Å². The van der Waals surface area contributed by atoms with Crippen molar-refractivity contribution in [3.05, 3.63) is 30.2 Å². The number of Topliss-reactive ketones (excluding diaryl/α,β-unsaturated/α-hetero) is 1. The van der Waals surface area contributed by atoms with Crippen LogP contribution >= 0.6 is 0 Å². The van der Waals surface area contributed by atoms with Crippen molar-refractivity contribution >= 4 is 22.8 Å². The predicted molar refractivity (Wildman–Crippen MR) is 91.6 cm³/mol. The van der Waals surface area contributed by atoms with Crippen LogP contribution in [0.2, 0.25) is 0 Å². The van der Waals surface area contributed by atoms with Gasteiger partial charge < -0.3 is 9.73 Å². The molecule has 1 aliphatic carbocycles. The Bertz CT molecular complexity index is 767. The lowest BCUT2D eigenvalue weighted by Crippen LogP contribution is -2.33. The van der Waals surface area contributed by atoms with Crippen LogP contribution in [0, 0.1) is 17.2 Å². The third kappa shape index (κ3) is 4.24. The molecule has 1 aromatic heterocycles. The molecule has 1 aromatic carbocycles. The second-order valence-electron chi connectivity index (χ2n) is 6.53. The van der Waals surface area contributed by atoms with Crippen LogP contribution in [-0.4, -0.2) is 23.2 Å². The number of para-hydroxylation sites is 2. The Labute approximate surface area is 146 Å². The molecule has 2 aromatic rings. The summed E-state index contributed by atoms with van der Waals surface area (Å²) >= 11 is 0. The van der Waals surface area contributed by atoms with E-state index in [1.54, 1.807) is 18.2 Å². The van der Waals surface area contributed by atoms with Gasteiger partial charge in [0.05, 0.1) is 12.6 Å². The van der Waals surface area contributed by atoms with Gasteiger partial charge in [-0.1, -0.05) is 31.4 Å². The smallest absolute Gasteiger partial charge is 0.220 e. The number of nitrogens with zero attached hydrogens (tertiary/aromatic N) is 2. The molecule has 3 rings (SSSR count). The molecule has 1 fully saturated rings. The molecule has 0 aliphatic heterocycles. The molecule has 1 amide bonds. The standard InChI is InChI=1S/C19H21N3O3/c20-11-14(19-22-15-8-4-5-9-17(15)25-19)16(23)12-21-18(24)10-13-6-2-1-3-7-13/h4-5,8-9,13-14H,1-3,6-7,10,12H2,(H,21,24). The summed E-state index contributed by atoms with van der Waals surface area (Å²) in [4.78, 5) is 28.5. The lowest BCUT2D eigenvalue weighted by Gasteiger charge is -2.20. The topological polar surface area (TPSA) is 96.0 Å². The summed E-state index contributed by atoms with van der Waals surface area (Å²) < 4.78 is 5.50. The molecule has 6 nitrogen and oxygen atoms in total. The first-order valence-electron chi connectivity index (χ1n) is 8.72. The van der Waals surface area contributed by atoms with Gasteiger partial charge in [-0.3, -0.25) is 9.59 Å². The van der Waals surface area contributed by atoms with E-state index in [2.05, 4.69) is 10.3 Å². The average molecular weight is 339 g/mol. The quantitative estimate of drug-likeness (QED) is 0.872. The minimum Gasteiger partial charge on any atom is -0.439 e. The van der Waals surface area contributed by atoms with Gasteiger partial charge in [-0.2, -0.15) is 5.26 Å². The number of nitrogens with one attached hydrogen (secondary N) is 1. The molecular weight excluding hydrogens is 318 g/mol. The minimum absolute atomic E-state index is 0.0789. The largest absolute Gasteiger partial charge is 0.439 e. The van der Waals surface area contributed by atoms with Crippen LogP contribution in [0.25, 0.3) is 11.1 Å². The van der Waals surface area contributed by atoms with E-state index in [1.165, 1.54) is 19.3 Å². The van der Waals surface area contributed by atoms with Crippen molar-refractivity contribution in [3.8, 4) is 6.07 Å². The van der Waals surface area contributed by atoms with Crippen molar-refractivity contribution in [1.82, 2.24) is 10.3 Å². The predicted octanol–water partition coefficient (Wildman–Crippen LogP) is 3.09. The van der Waals surface area contributed by atoms with E-state index in [4.69, 9.17) is 4.42 Å². The monoisotopic (exact) mass is 339 g/mol. The third-order valence-corrected chi connectivity index (χ3v) is 4.67. The Kier molecular flexibility index (Phi) is 5.44. The van der Waals surface area contributed by atoms with E-state index in [0.717, 1.165) is 12.8 Å². The highest BCUT2D eigenvalue weighted by molar-refractivity contribution is 5.92. The van der Waals surface area contributed by atoms with Gasteiger partial charge >= 0.3 is 0 Å². The fourth-order valence-electron chi connectivity index (χ4n) is 3.29. The van der Waals surface area contributed by atoms with E-state index < -0.39 is 11.7 Å². The second kappa shape index (κ2) is 7.93. The normalized spacial score (nSPS) is 16.3. The van der Waals surface area contributed by atoms with Crippen LogP contribution in [0.5, 0.6) is 0 Å². The summed E-state index contributed by atoms with van der Waals surface area (Å²) in [5.74, 6) is -1.16. The van der Waals surface area contributed by atoms with Crippen LogP contribution in [0.15, 0.2) is 28.7 Å². The van der Waals surface area contributed by atoms with Crippen molar-refractivity contribution < 1.29 is 14.0 Å². The number of hydrogen-bond donors (Lipinski definition) is 1. The lowest BCUT2D eigenvalue weighted by atomic mass is 9.87. The molecule has 1 N–H and O–H groups in total. The van der Waals surface area contributed by atoms with Crippen molar-refractivity contribution in [2.75, 3.05) is 6.54 Å². The summed E-state index contributed by atoms with van der Waals surface area (Å²) in [5, 5.41) is 12.0. The van der Waals surface area contributed by atoms with Gasteiger partial charge in [-0.25, -0.2) is 4.98 Å². The van der Waals surface area contributed by atoms with Gasteiger partial charge in [0.25, 0.3) is 0 Å². The van der Waals surface area contributed by atoms with Crippen LogP contribution in [0.1, 0.15) is 50.3 Å². The molecule has 1 aliphatic rings. The van der Waals surface area contributed by atoms with E-state index in [1.807, 2.05) is 12.1 Å². The molecule has 1 saturated carbocycles. The first kappa shape index (κ1) is 17.2. The van der Waals surface area contributed by atoms with Crippen LogP contribution in [0.3, 0.4) is 0 Å². The van der Waals surface area contributed by atoms with Crippen molar-refractivity contribution in [2.45, 2.75) is 44.4 Å².